The Kier molecular flexibility index (Phi) is 4.23. The van der Waals surface area contributed by atoms with Crippen molar-refractivity contribution in [2.24, 2.45) is 0 Å². The second-order valence-electron chi connectivity index (χ2n) is 5.01. The van der Waals surface area contributed by atoms with E-state index in [1.54, 1.807) is 6.92 Å². The molecule has 2 heteroatoms. The van der Waals surface area contributed by atoms with Crippen LogP contribution >= 0.6 is 0 Å². The van der Waals surface area contributed by atoms with E-state index in [0.29, 0.717) is 11.7 Å². The minimum Gasteiger partial charge on any atom is -0.457 e. The number of aliphatic hydroxyl groups is 1. The first-order valence-corrected chi connectivity index (χ1v) is 6.63. The first-order valence-electron chi connectivity index (χ1n) is 6.63. The Morgan fingerprint density at radius 1 is 0.789 bits per heavy atom. The quantitative estimate of drug-likeness (QED) is 0.862. The number of aliphatic hydroxyl groups excluding tert-OH is 1. The molecule has 2 nitrogen and oxygen atoms in total. The van der Waals surface area contributed by atoms with Crippen LogP contribution in [0.2, 0.25) is 0 Å². The van der Waals surface area contributed by atoms with Crippen LogP contribution in [0.4, 0.5) is 0 Å². The Hall–Kier alpha value is -1.80. The zero-order chi connectivity index (χ0) is 13.8. The first kappa shape index (κ1) is 13.6. The van der Waals surface area contributed by atoms with Crippen molar-refractivity contribution in [1.82, 2.24) is 0 Å². The van der Waals surface area contributed by atoms with Gasteiger partial charge in [0.05, 0.1) is 6.10 Å². The van der Waals surface area contributed by atoms with E-state index in [2.05, 4.69) is 19.9 Å². The second kappa shape index (κ2) is 5.89. The van der Waals surface area contributed by atoms with E-state index >= 15 is 0 Å². The van der Waals surface area contributed by atoms with Crippen LogP contribution in [0.25, 0.3) is 0 Å². The third-order valence-corrected chi connectivity index (χ3v) is 3.13. The topological polar surface area (TPSA) is 29.5 Å². The predicted octanol–water partition coefficient (Wildman–Crippen LogP) is 4.66. The van der Waals surface area contributed by atoms with Gasteiger partial charge in [0.15, 0.2) is 0 Å². The summed E-state index contributed by atoms with van der Waals surface area (Å²) in [5.74, 6) is 1.96. The number of benzene rings is 2. The Morgan fingerprint density at radius 2 is 1.26 bits per heavy atom. The van der Waals surface area contributed by atoms with Gasteiger partial charge in [-0.15, -0.1) is 0 Å². The SMILES string of the molecule is CC(C)c1ccccc1Oc1ccccc1C(C)O. The van der Waals surface area contributed by atoms with Crippen LogP contribution in [0.5, 0.6) is 11.5 Å². The minimum atomic E-state index is -0.539. The van der Waals surface area contributed by atoms with E-state index in [1.165, 1.54) is 5.56 Å². The molecule has 2 aromatic rings. The van der Waals surface area contributed by atoms with Gasteiger partial charge in [-0.25, -0.2) is 0 Å². The highest BCUT2D eigenvalue weighted by atomic mass is 16.5. The van der Waals surface area contributed by atoms with E-state index in [0.717, 1.165) is 11.3 Å². The van der Waals surface area contributed by atoms with Crippen molar-refractivity contribution in [1.29, 1.82) is 0 Å². The molecule has 0 saturated carbocycles. The Bertz CT molecular complexity index is 495. The van der Waals surface area contributed by atoms with Gasteiger partial charge in [-0.05, 0) is 30.5 Å². The van der Waals surface area contributed by atoms with Gasteiger partial charge in [-0.2, -0.15) is 0 Å². The summed E-state index contributed by atoms with van der Waals surface area (Å²) in [4.78, 5) is 0. The highest BCUT2D eigenvalue weighted by Crippen LogP contribution is 2.33. The normalized spacial score (nSPS) is 12.5. The molecule has 0 fully saturated rings. The van der Waals surface area contributed by atoms with Gasteiger partial charge in [-0.3, -0.25) is 0 Å². The third-order valence-electron chi connectivity index (χ3n) is 3.13. The average Bonchev–Trinajstić information content (AvgIpc) is 2.39. The molecule has 0 bridgehead atoms. The van der Waals surface area contributed by atoms with Crippen LogP contribution in [0, 0.1) is 0 Å². The van der Waals surface area contributed by atoms with Crippen molar-refractivity contribution in [3.63, 3.8) is 0 Å². The van der Waals surface area contributed by atoms with Crippen LogP contribution in [-0.2, 0) is 0 Å². The molecule has 0 aliphatic rings. The van der Waals surface area contributed by atoms with Gasteiger partial charge in [-0.1, -0.05) is 50.2 Å². The van der Waals surface area contributed by atoms with E-state index in [1.807, 2.05) is 42.5 Å². The molecule has 0 saturated heterocycles. The van der Waals surface area contributed by atoms with Gasteiger partial charge < -0.3 is 9.84 Å². The molecule has 0 aliphatic heterocycles. The Morgan fingerprint density at radius 3 is 1.79 bits per heavy atom. The van der Waals surface area contributed by atoms with Crippen LogP contribution < -0.4 is 4.74 Å². The fourth-order valence-electron chi connectivity index (χ4n) is 2.09. The standard InChI is InChI=1S/C17H20O2/c1-12(2)14-8-4-6-10-16(14)19-17-11-7-5-9-15(17)13(3)18/h4-13,18H,1-3H3. The van der Waals surface area contributed by atoms with Crippen molar-refractivity contribution >= 4 is 0 Å². The summed E-state index contributed by atoms with van der Waals surface area (Å²) in [6, 6.07) is 15.6. The number of hydrogen-bond donors (Lipinski definition) is 1. The summed E-state index contributed by atoms with van der Waals surface area (Å²) < 4.78 is 6.00. The van der Waals surface area contributed by atoms with Crippen LogP contribution in [-0.4, -0.2) is 5.11 Å². The fourth-order valence-corrected chi connectivity index (χ4v) is 2.09. The second-order valence-corrected chi connectivity index (χ2v) is 5.01. The lowest BCUT2D eigenvalue weighted by atomic mass is 10.0. The Labute approximate surface area is 114 Å². The van der Waals surface area contributed by atoms with Crippen molar-refractivity contribution in [3.05, 3.63) is 59.7 Å². The maximum absolute atomic E-state index is 9.78. The summed E-state index contributed by atoms with van der Waals surface area (Å²) >= 11 is 0. The highest BCUT2D eigenvalue weighted by Gasteiger charge is 2.12. The smallest absolute Gasteiger partial charge is 0.133 e. The molecule has 1 N–H and O–H groups in total. The first-order chi connectivity index (χ1) is 9.09. The molecule has 1 unspecified atom stereocenters. The summed E-state index contributed by atoms with van der Waals surface area (Å²) in [6.45, 7) is 6.03. The average molecular weight is 256 g/mol. The molecule has 1 atom stereocenters. The van der Waals surface area contributed by atoms with Crippen molar-refractivity contribution < 1.29 is 9.84 Å². The molecule has 2 rings (SSSR count). The minimum absolute atomic E-state index is 0.398. The molecular formula is C17H20O2. The molecular weight excluding hydrogens is 236 g/mol. The third kappa shape index (κ3) is 3.15. The zero-order valence-electron chi connectivity index (χ0n) is 11.6. The van der Waals surface area contributed by atoms with E-state index in [-0.39, 0.29) is 0 Å². The van der Waals surface area contributed by atoms with Gasteiger partial charge in [0.1, 0.15) is 11.5 Å². The molecule has 100 valence electrons. The lowest BCUT2D eigenvalue weighted by molar-refractivity contribution is 0.195. The number of hydrogen-bond acceptors (Lipinski definition) is 2. The maximum Gasteiger partial charge on any atom is 0.133 e. The largest absolute Gasteiger partial charge is 0.457 e. The van der Waals surface area contributed by atoms with Crippen LogP contribution in [0.3, 0.4) is 0 Å². The molecule has 2 aromatic carbocycles. The summed E-state index contributed by atoms with van der Waals surface area (Å²) in [6.07, 6.45) is -0.539. The molecule has 0 heterocycles. The van der Waals surface area contributed by atoms with Gasteiger partial charge in [0.25, 0.3) is 0 Å². The zero-order valence-corrected chi connectivity index (χ0v) is 11.6. The van der Waals surface area contributed by atoms with Gasteiger partial charge in [0.2, 0.25) is 0 Å². The van der Waals surface area contributed by atoms with E-state index < -0.39 is 6.10 Å². The molecule has 0 amide bonds. The summed E-state index contributed by atoms with van der Waals surface area (Å²) in [5, 5.41) is 9.78. The highest BCUT2D eigenvalue weighted by molar-refractivity contribution is 5.43. The molecule has 0 aliphatic carbocycles. The lowest BCUT2D eigenvalue weighted by Gasteiger charge is -2.16. The molecule has 0 spiro atoms. The fraction of sp³-hybridized carbons (Fsp3) is 0.294. The molecule has 0 radical (unpaired) electrons. The van der Waals surface area contributed by atoms with Crippen LogP contribution in [0.1, 0.15) is 43.9 Å². The van der Waals surface area contributed by atoms with E-state index in [4.69, 9.17) is 4.74 Å². The van der Waals surface area contributed by atoms with Gasteiger partial charge >= 0.3 is 0 Å². The van der Waals surface area contributed by atoms with Crippen molar-refractivity contribution in [2.45, 2.75) is 32.8 Å². The maximum atomic E-state index is 9.78. The van der Waals surface area contributed by atoms with Crippen molar-refractivity contribution in [2.75, 3.05) is 0 Å². The monoisotopic (exact) mass is 256 g/mol. The number of para-hydroxylation sites is 2. The predicted molar refractivity (Wildman–Crippen MR) is 77.7 cm³/mol. The molecule has 19 heavy (non-hydrogen) atoms. The molecule has 0 aromatic heterocycles. The van der Waals surface area contributed by atoms with Crippen LogP contribution in [0.15, 0.2) is 48.5 Å². The number of rotatable bonds is 4. The number of ether oxygens (including phenoxy) is 1. The summed E-state index contributed by atoms with van der Waals surface area (Å²) in [7, 11) is 0. The van der Waals surface area contributed by atoms with Crippen molar-refractivity contribution in [3.8, 4) is 11.5 Å². The lowest BCUT2D eigenvalue weighted by Crippen LogP contribution is -1.98. The summed E-state index contributed by atoms with van der Waals surface area (Å²) in [5.41, 5.74) is 1.98. The Balaban J connectivity index is 2.37. The van der Waals surface area contributed by atoms with E-state index in [9.17, 15) is 5.11 Å². The van der Waals surface area contributed by atoms with Gasteiger partial charge in [0, 0.05) is 5.56 Å².